The first-order chi connectivity index (χ1) is 18.3. The largest absolute Gasteiger partial charge is 0.366 e. The maximum Gasteiger partial charge on any atom is 0.248 e. The van der Waals surface area contributed by atoms with Crippen molar-refractivity contribution in [2.75, 3.05) is 13.1 Å². The Morgan fingerprint density at radius 2 is 1.68 bits per heavy atom. The molecule has 1 unspecified atom stereocenters. The number of benzene rings is 2. The molecule has 3 amide bonds. The number of H-pyrrole nitrogens is 1. The number of nitrogens with two attached hydrogens (primary N) is 2. The Balaban J connectivity index is 1.71. The van der Waals surface area contributed by atoms with Gasteiger partial charge in [-0.25, -0.2) is 0 Å². The molecule has 1 aromatic heterocycles. The minimum Gasteiger partial charge on any atom is -0.366 e. The van der Waals surface area contributed by atoms with E-state index in [0.717, 1.165) is 17.5 Å². The molecular formula is C26H29N9O3. The monoisotopic (exact) mass is 515 g/mol. The van der Waals surface area contributed by atoms with E-state index in [1.807, 2.05) is 6.92 Å². The van der Waals surface area contributed by atoms with Crippen LogP contribution in [0.5, 0.6) is 0 Å². The molecule has 12 nitrogen and oxygen atoms in total. The average Bonchev–Trinajstić information content (AvgIpc) is 3.63. The first-order valence-electron chi connectivity index (χ1n) is 12.2. The van der Waals surface area contributed by atoms with E-state index in [1.165, 1.54) is 0 Å². The lowest BCUT2D eigenvalue weighted by Crippen LogP contribution is -2.45. The van der Waals surface area contributed by atoms with Gasteiger partial charge in [0.1, 0.15) is 6.04 Å². The summed E-state index contributed by atoms with van der Waals surface area (Å²) in [6, 6.07) is 15.2. The Morgan fingerprint density at radius 3 is 2.16 bits per heavy atom. The molecule has 0 aliphatic carbocycles. The second kappa shape index (κ2) is 11.2. The van der Waals surface area contributed by atoms with E-state index in [0.29, 0.717) is 36.3 Å². The summed E-state index contributed by atoms with van der Waals surface area (Å²) in [7, 11) is 0. The molecule has 1 aliphatic rings. The molecule has 2 atom stereocenters. The lowest BCUT2D eigenvalue weighted by atomic mass is 9.69. The molecule has 2 aromatic carbocycles. The van der Waals surface area contributed by atoms with Crippen LogP contribution in [0.1, 0.15) is 63.9 Å². The van der Waals surface area contributed by atoms with E-state index >= 15 is 0 Å². The number of aromatic amines is 1. The van der Waals surface area contributed by atoms with Crippen LogP contribution < -0.4 is 16.8 Å². The third-order valence-corrected chi connectivity index (χ3v) is 6.99. The van der Waals surface area contributed by atoms with Crippen LogP contribution in [0.4, 0.5) is 0 Å². The van der Waals surface area contributed by atoms with Crippen molar-refractivity contribution in [1.82, 2.24) is 30.8 Å². The second-order valence-electron chi connectivity index (χ2n) is 9.38. The molecule has 38 heavy (non-hydrogen) atoms. The first kappa shape index (κ1) is 26.4. The van der Waals surface area contributed by atoms with E-state index in [-0.39, 0.29) is 18.5 Å². The fourth-order valence-corrected chi connectivity index (χ4v) is 5.03. The van der Waals surface area contributed by atoms with Gasteiger partial charge in [0.15, 0.2) is 5.82 Å². The molecule has 0 saturated carbocycles. The standard InChI is InChI=1S/C26H29N9O3/c1-16(30-15-22(36)35-12-2-3-21(35)14-27)13-26(25-31-33-34-32-25,19-8-4-17(5-9-19)23(28)37)20-10-6-18(7-11-20)24(29)38/h4-11,16,21,30H,2-3,12-13,15H2,1H3,(H2,28,37)(H2,29,38)(H,31,32,33,34)/t16-,21?/m0/s1. The zero-order chi connectivity index (χ0) is 27.3. The molecule has 4 rings (SSSR count). The van der Waals surface area contributed by atoms with Gasteiger partial charge in [0.05, 0.1) is 18.0 Å². The Labute approximate surface area is 219 Å². The summed E-state index contributed by atoms with van der Waals surface area (Å²) in [5.41, 5.74) is 12.1. The van der Waals surface area contributed by atoms with Crippen molar-refractivity contribution < 1.29 is 14.4 Å². The van der Waals surface area contributed by atoms with Gasteiger partial charge in [-0.05, 0) is 61.6 Å². The minimum atomic E-state index is -0.988. The molecule has 1 saturated heterocycles. The summed E-state index contributed by atoms with van der Waals surface area (Å²) in [6.07, 6.45) is 1.87. The number of amides is 3. The SMILES string of the molecule is C[C@@H](CC(c1ccc(C(N)=O)cc1)(c1ccc(C(N)=O)cc1)c1nn[nH]n1)NCC(=O)N1CCCC1C#N. The number of nitrogens with one attached hydrogen (secondary N) is 2. The molecule has 0 spiro atoms. The Bertz CT molecular complexity index is 1270. The van der Waals surface area contributed by atoms with Crippen LogP contribution in [-0.4, -0.2) is 68.4 Å². The van der Waals surface area contributed by atoms with Crippen LogP contribution >= 0.6 is 0 Å². The van der Waals surface area contributed by atoms with Crippen molar-refractivity contribution >= 4 is 17.7 Å². The summed E-state index contributed by atoms with van der Waals surface area (Å²) >= 11 is 0. The van der Waals surface area contributed by atoms with Gasteiger partial charge in [-0.15, -0.1) is 10.2 Å². The van der Waals surface area contributed by atoms with Crippen molar-refractivity contribution in [3.05, 3.63) is 76.6 Å². The minimum absolute atomic E-state index is 0.0584. The maximum absolute atomic E-state index is 12.8. The fraction of sp³-hybridized carbons (Fsp3) is 0.346. The highest BCUT2D eigenvalue weighted by atomic mass is 16.2. The lowest BCUT2D eigenvalue weighted by molar-refractivity contribution is -0.130. The highest BCUT2D eigenvalue weighted by molar-refractivity contribution is 5.93. The van der Waals surface area contributed by atoms with Gasteiger partial charge in [0.2, 0.25) is 17.7 Å². The van der Waals surface area contributed by atoms with Gasteiger partial charge in [-0.2, -0.15) is 10.5 Å². The number of hydrogen-bond donors (Lipinski definition) is 4. The molecule has 0 radical (unpaired) electrons. The summed E-state index contributed by atoms with van der Waals surface area (Å²) in [4.78, 5) is 37.9. The van der Waals surface area contributed by atoms with Gasteiger partial charge in [-0.3, -0.25) is 14.4 Å². The summed E-state index contributed by atoms with van der Waals surface area (Å²) in [6.45, 7) is 2.56. The number of primary amides is 2. The van der Waals surface area contributed by atoms with Crippen molar-refractivity contribution in [2.24, 2.45) is 11.5 Å². The number of aromatic nitrogens is 4. The van der Waals surface area contributed by atoms with Gasteiger partial charge in [0.25, 0.3) is 0 Å². The highest BCUT2D eigenvalue weighted by Crippen LogP contribution is 2.41. The smallest absolute Gasteiger partial charge is 0.248 e. The summed E-state index contributed by atoms with van der Waals surface area (Å²) < 4.78 is 0. The number of likely N-dealkylation sites (tertiary alicyclic amines) is 1. The molecular weight excluding hydrogens is 486 g/mol. The Kier molecular flexibility index (Phi) is 7.78. The van der Waals surface area contributed by atoms with E-state index in [1.54, 1.807) is 53.4 Å². The van der Waals surface area contributed by atoms with Crippen LogP contribution in [0, 0.1) is 11.3 Å². The average molecular weight is 516 g/mol. The molecule has 3 aromatic rings. The van der Waals surface area contributed by atoms with E-state index < -0.39 is 23.3 Å². The van der Waals surface area contributed by atoms with Gasteiger partial charge in [0, 0.05) is 23.7 Å². The summed E-state index contributed by atoms with van der Waals surface area (Å²) in [5, 5.41) is 27.6. The maximum atomic E-state index is 12.8. The molecule has 196 valence electrons. The topological polar surface area (TPSA) is 197 Å². The molecule has 0 bridgehead atoms. The number of rotatable bonds is 10. The van der Waals surface area contributed by atoms with Gasteiger partial charge >= 0.3 is 0 Å². The zero-order valence-electron chi connectivity index (χ0n) is 20.9. The zero-order valence-corrected chi connectivity index (χ0v) is 20.9. The normalized spacial score (nSPS) is 16.1. The number of hydrogen-bond acceptors (Lipinski definition) is 8. The van der Waals surface area contributed by atoms with Crippen LogP contribution in [0.15, 0.2) is 48.5 Å². The molecule has 1 aliphatic heterocycles. The van der Waals surface area contributed by atoms with Crippen molar-refractivity contribution in [2.45, 2.75) is 43.7 Å². The van der Waals surface area contributed by atoms with E-state index in [4.69, 9.17) is 11.5 Å². The third-order valence-electron chi connectivity index (χ3n) is 6.99. The predicted molar refractivity (Wildman–Crippen MR) is 136 cm³/mol. The number of nitriles is 1. The number of carbonyl (C=O) groups excluding carboxylic acids is 3. The van der Waals surface area contributed by atoms with Gasteiger partial charge in [-0.1, -0.05) is 29.5 Å². The second-order valence-corrected chi connectivity index (χ2v) is 9.38. The molecule has 6 N–H and O–H groups in total. The number of nitrogens with zero attached hydrogens (tertiary/aromatic N) is 5. The fourth-order valence-electron chi connectivity index (χ4n) is 5.03. The quantitative estimate of drug-likeness (QED) is 0.301. The third kappa shape index (κ3) is 5.23. The Hall–Kier alpha value is -4.63. The van der Waals surface area contributed by atoms with Crippen LogP contribution in [0.3, 0.4) is 0 Å². The van der Waals surface area contributed by atoms with Crippen LogP contribution in [0.2, 0.25) is 0 Å². The summed E-state index contributed by atoms with van der Waals surface area (Å²) in [5.74, 6) is -0.889. The van der Waals surface area contributed by atoms with E-state index in [2.05, 4.69) is 32.0 Å². The molecule has 12 heteroatoms. The van der Waals surface area contributed by atoms with E-state index in [9.17, 15) is 19.6 Å². The van der Waals surface area contributed by atoms with Crippen LogP contribution in [-0.2, 0) is 10.2 Å². The Morgan fingerprint density at radius 1 is 1.11 bits per heavy atom. The highest BCUT2D eigenvalue weighted by Gasteiger charge is 2.42. The van der Waals surface area contributed by atoms with Crippen molar-refractivity contribution in [3.8, 4) is 6.07 Å². The first-order valence-corrected chi connectivity index (χ1v) is 12.2. The predicted octanol–water partition coefficient (Wildman–Crippen LogP) is 0.615. The van der Waals surface area contributed by atoms with Crippen LogP contribution in [0.25, 0.3) is 0 Å². The molecule has 1 fully saturated rings. The number of tetrazole rings is 1. The molecule has 2 heterocycles. The lowest BCUT2D eigenvalue weighted by Gasteiger charge is -2.35. The van der Waals surface area contributed by atoms with Crippen molar-refractivity contribution in [1.29, 1.82) is 5.26 Å². The number of carbonyl (C=O) groups is 3. The van der Waals surface area contributed by atoms with Crippen molar-refractivity contribution in [3.63, 3.8) is 0 Å². The van der Waals surface area contributed by atoms with Gasteiger partial charge < -0.3 is 21.7 Å².